The molecule has 0 spiro atoms. The van der Waals surface area contributed by atoms with Crippen LogP contribution in [0.15, 0.2) is 24.3 Å². The van der Waals surface area contributed by atoms with Crippen molar-refractivity contribution in [3.05, 3.63) is 29.3 Å². The van der Waals surface area contributed by atoms with Crippen LogP contribution in [0.3, 0.4) is 0 Å². The van der Waals surface area contributed by atoms with Crippen LogP contribution in [0.5, 0.6) is 5.75 Å². The third kappa shape index (κ3) is 4.87. The second-order valence-corrected chi connectivity index (χ2v) is 6.04. The van der Waals surface area contributed by atoms with Crippen LogP contribution in [0.1, 0.15) is 19.8 Å². The van der Waals surface area contributed by atoms with Gasteiger partial charge in [0, 0.05) is 31.2 Å². The zero-order valence-electron chi connectivity index (χ0n) is 13.6. The Morgan fingerprint density at radius 3 is 2.50 bits per heavy atom. The number of nitrogens with zero attached hydrogens (tertiary/aromatic N) is 3. The number of hydrogen-bond donors (Lipinski definition) is 0. The van der Waals surface area contributed by atoms with Gasteiger partial charge in [0.25, 0.3) is 5.91 Å². The van der Waals surface area contributed by atoms with Crippen molar-refractivity contribution in [2.24, 2.45) is 0 Å². The molecule has 0 aliphatic carbocycles. The molecule has 2 amide bonds. The van der Waals surface area contributed by atoms with Crippen molar-refractivity contribution in [2.75, 3.05) is 26.2 Å². The molecule has 0 aromatic heterocycles. The molecule has 1 aliphatic heterocycles. The maximum absolute atomic E-state index is 12.5. The SMILES string of the molecule is CC(Oc1ccc(Cl)cc1)C(=O)N1CCCN(C(=O)CC#N)CC1. The molecule has 6 nitrogen and oxygen atoms in total. The molecule has 1 fully saturated rings. The minimum Gasteiger partial charge on any atom is -0.481 e. The zero-order chi connectivity index (χ0) is 17.5. The third-order valence-electron chi connectivity index (χ3n) is 3.86. The Morgan fingerprint density at radius 2 is 1.83 bits per heavy atom. The third-order valence-corrected chi connectivity index (χ3v) is 4.12. The van der Waals surface area contributed by atoms with Gasteiger partial charge in [-0.1, -0.05) is 11.6 Å². The van der Waals surface area contributed by atoms with Gasteiger partial charge in [-0.3, -0.25) is 9.59 Å². The van der Waals surface area contributed by atoms with E-state index in [9.17, 15) is 9.59 Å². The monoisotopic (exact) mass is 349 g/mol. The van der Waals surface area contributed by atoms with Crippen molar-refractivity contribution >= 4 is 23.4 Å². The van der Waals surface area contributed by atoms with Gasteiger partial charge in [0.2, 0.25) is 5.91 Å². The van der Waals surface area contributed by atoms with Crippen LogP contribution in [0, 0.1) is 11.3 Å². The fourth-order valence-corrected chi connectivity index (χ4v) is 2.72. The van der Waals surface area contributed by atoms with E-state index in [0.717, 1.165) is 0 Å². The van der Waals surface area contributed by atoms with Crippen molar-refractivity contribution in [3.8, 4) is 11.8 Å². The Morgan fingerprint density at radius 1 is 1.21 bits per heavy atom. The van der Waals surface area contributed by atoms with Crippen molar-refractivity contribution in [3.63, 3.8) is 0 Å². The summed E-state index contributed by atoms with van der Waals surface area (Å²) in [6, 6.07) is 8.72. The minimum atomic E-state index is -0.618. The van der Waals surface area contributed by atoms with E-state index in [-0.39, 0.29) is 18.2 Å². The lowest BCUT2D eigenvalue weighted by Crippen LogP contribution is -2.43. The molecule has 0 saturated carbocycles. The van der Waals surface area contributed by atoms with Gasteiger partial charge in [0.05, 0.1) is 6.07 Å². The summed E-state index contributed by atoms with van der Waals surface area (Å²) >= 11 is 5.83. The van der Waals surface area contributed by atoms with E-state index < -0.39 is 6.10 Å². The van der Waals surface area contributed by atoms with Gasteiger partial charge in [0.1, 0.15) is 12.2 Å². The van der Waals surface area contributed by atoms with E-state index in [4.69, 9.17) is 21.6 Å². The fourth-order valence-electron chi connectivity index (χ4n) is 2.59. The normalized spacial score (nSPS) is 16.0. The van der Waals surface area contributed by atoms with Crippen molar-refractivity contribution in [1.29, 1.82) is 5.26 Å². The number of ether oxygens (including phenoxy) is 1. The summed E-state index contributed by atoms with van der Waals surface area (Å²) in [5, 5.41) is 9.23. The second kappa shape index (κ2) is 8.55. The van der Waals surface area contributed by atoms with E-state index in [0.29, 0.717) is 43.4 Å². The van der Waals surface area contributed by atoms with Crippen LogP contribution in [-0.4, -0.2) is 53.9 Å². The molecule has 0 bridgehead atoms. The number of halogens is 1. The largest absolute Gasteiger partial charge is 0.481 e. The van der Waals surface area contributed by atoms with E-state index >= 15 is 0 Å². The van der Waals surface area contributed by atoms with Gasteiger partial charge in [-0.05, 0) is 37.6 Å². The number of carbonyl (C=O) groups excluding carboxylic acids is 2. The topological polar surface area (TPSA) is 73.6 Å². The van der Waals surface area contributed by atoms with Gasteiger partial charge in [-0.2, -0.15) is 5.26 Å². The van der Waals surface area contributed by atoms with Gasteiger partial charge in [0.15, 0.2) is 6.10 Å². The Labute approximate surface area is 146 Å². The molecule has 1 heterocycles. The van der Waals surface area contributed by atoms with Gasteiger partial charge < -0.3 is 14.5 Å². The molecular formula is C17H20ClN3O3. The highest BCUT2D eigenvalue weighted by molar-refractivity contribution is 6.30. The van der Waals surface area contributed by atoms with Crippen LogP contribution >= 0.6 is 11.6 Å². The second-order valence-electron chi connectivity index (χ2n) is 5.61. The first kappa shape index (κ1) is 18.1. The quantitative estimate of drug-likeness (QED) is 0.834. The number of nitriles is 1. The van der Waals surface area contributed by atoms with Crippen molar-refractivity contribution in [2.45, 2.75) is 25.9 Å². The maximum atomic E-state index is 12.5. The number of rotatable bonds is 4. The number of benzene rings is 1. The molecule has 1 aromatic carbocycles. The van der Waals surface area contributed by atoms with Crippen molar-refractivity contribution < 1.29 is 14.3 Å². The molecule has 1 unspecified atom stereocenters. The molecule has 7 heteroatoms. The average molecular weight is 350 g/mol. The Bertz CT molecular complexity index is 627. The van der Waals surface area contributed by atoms with Crippen molar-refractivity contribution in [1.82, 2.24) is 9.80 Å². The molecule has 1 aromatic rings. The molecule has 128 valence electrons. The predicted molar refractivity (Wildman–Crippen MR) is 89.5 cm³/mol. The molecule has 24 heavy (non-hydrogen) atoms. The van der Waals surface area contributed by atoms with E-state index in [1.807, 2.05) is 6.07 Å². The Kier molecular flexibility index (Phi) is 6.44. The highest BCUT2D eigenvalue weighted by Crippen LogP contribution is 2.17. The van der Waals surface area contributed by atoms with Gasteiger partial charge in [-0.15, -0.1) is 0 Å². The van der Waals surface area contributed by atoms with Crippen LogP contribution in [-0.2, 0) is 9.59 Å². The zero-order valence-corrected chi connectivity index (χ0v) is 14.3. The summed E-state index contributed by atoms with van der Waals surface area (Å²) in [6.07, 6.45) is -0.0480. The van der Waals surface area contributed by atoms with E-state index in [2.05, 4.69) is 0 Å². The summed E-state index contributed by atoms with van der Waals surface area (Å²) in [4.78, 5) is 27.7. The highest BCUT2D eigenvalue weighted by Gasteiger charge is 2.26. The minimum absolute atomic E-state index is 0.112. The van der Waals surface area contributed by atoms with Crippen LogP contribution < -0.4 is 4.74 Å². The van der Waals surface area contributed by atoms with Gasteiger partial charge in [-0.25, -0.2) is 0 Å². The molecule has 1 atom stereocenters. The van der Waals surface area contributed by atoms with Crippen LogP contribution in [0.25, 0.3) is 0 Å². The summed E-state index contributed by atoms with van der Waals surface area (Å²) < 4.78 is 5.66. The van der Waals surface area contributed by atoms with Gasteiger partial charge >= 0.3 is 0 Å². The molecule has 1 saturated heterocycles. The Balaban J connectivity index is 1.91. The molecule has 1 aliphatic rings. The number of hydrogen-bond acceptors (Lipinski definition) is 4. The highest BCUT2D eigenvalue weighted by atomic mass is 35.5. The summed E-state index contributed by atoms with van der Waals surface area (Å²) in [5.74, 6) is 0.290. The maximum Gasteiger partial charge on any atom is 0.263 e. The molecule has 2 rings (SSSR count). The smallest absolute Gasteiger partial charge is 0.263 e. The molecule has 0 N–H and O–H groups in total. The summed E-state index contributed by atoms with van der Waals surface area (Å²) in [6.45, 7) is 3.74. The van der Waals surface area contributed by atoms with Crippen LogP contribution in [0.2, 0.25) is 5.02 Å². The Hall–Kier alpha value is -2.26. The summed E-state index contributed by atoms with van der Waals surface area (Å²) in [5.41, 5.74) is 0. The summed E-state index contributed by atoms with van der Waals surface area (Å²) in [7, 11) is 0. The van der Waals surface area contributed by atoms with E-state index in [1.165, 1.54) is 0 Å². The first-order chi connectivity index (χ1) is 11.5. The number of carbonyl (C=O) groups is 2. The lowest BCUT2D eigenvalue weighted by atomic mass is 10.3. The first-order valence-electron chi connectivity index (χ1n) is 7.87. The standard InChI is InChI=1S/C17H20ClN3O3/c1-13(24-15-5-3-14(18)4-6-15)17(23)21-10-2-9-20(11-12-21)16(22)7-8-19/h3-6,13H,2,7,9-12H2,1H3. The first-order valence-corrected chi connectivity index (χ1v) is 8.25. The lowest BCUT2D eigenvalue weighted by molar-refractivity contribution is -0.138. The molecular weight excluding hydrogens is 330 g/mol. The van der Waals surface area contributed by atoms with Crippen LogP contribution in [0.4, 0.5) is 0 Å². The number of amides is 2. The van der Waals surface area contributed by atoms with E-state index in [1.54, 1.807) is 41.0 Å². The predicted octanol–water partition coefficient (Wildman–Crippen LogP) is 2.08. The lowest BCUT2D eigenvalue weighted by Gasteiger charge is -2.25. The molecule has 0 radical (unpaired) electrons. The fraction of sp³-hybridized carbons (Fsp3) is 0.471. The average Bonchev–Trinajstić information content (AvgIpc) is 2.82.